The highest BCUT2D eigenvalue weighted by Gasteiger charge is 2.35. The van der Waals surface area contributed by atoms with Gasteiger partial charge in [0.05, 0.1) is 6.04 Å². The van der Waals surface area contributed by atoms with Gasteiger partial charge in [0, 0.05) is 17.4 Å². The van der Waals surface area contributed by atoms with Crippen molar-refractivity contribution >= 4 is 17.6 Å². The summed E-state index contributed by atoms with van der Waals surface area (Å²) < 4.78 is 0. The van der Waals surface area contributed by atoms with Crippen LogP contribution in [-0.4, -0.2) is 33.5 Å². The van der Waals surface area contributed by atoms with Crippen molar-refractivity contribution in [1.29, 1.82) is 0 Å². The number of aliphatic carboxylic acids is 1. The molecular formula is C18H19ClN2O2. The number of rotatable bonds is 4. The molecule has 3 rings (SSSR count). The van der Waals surface area contributed by atoms with Gasteiger partial charge < -0.3 is 5.11 Å². The zero-order valence-electron chi connectivity index (χ0n) is 12.7. The number of aromatic nitrogens is 1. The molecule has 2 aromatic rings. The Labute approximate surface area is 140 Å². The third kappa shape index (κ3) is 3.54. The molecule has 4 nitrogen and oxygen atoms in total. The van der Waals surface area contributed by atoms with E-state index in [4.69, 9.17) is 11.6 Å². The molecule has 1 saturated heterocycles. The first-order chi connectivity index (χ1) is 11.2. The summed E-state index contributed by atoms with van der Waals surface area (Å²) in [5, 5.41) is 10.3. The molecule has 1 aromatic heterocycles. The Bertz CT molecular complexity index is 678. The molecule has 1 N–H and O–H groups in total. The lowest BCUT2D eigenvalue weighted by Crippen LogP contribution is -2.46. The van der Waals surface area contributed by atoms with E-state index in [9.17, 15) is 9.90 Å². The third-order valence-corrected chi connectivity index (χ3v) is 4.58. The van der Waals surface area contributed by atoms with Crippen LogP contribution in [0.1, 0.15) is 36.4 Å². The second-order valence-electron chi connectivity index (χ2n) is 5.83. The highest BCUT2D eigenvalue weighted by atomic mass is 35.5. The smallest absolute Gasteiger partial charge is 0.320 e. The molecule has 1 aliphatic rings. The molecule has 1 aliphatic heterocycles. The summed E-state index contributed by atoms with van der Waals surface area (Å²) >= 11 is 6.17. The Hall–Kier alpha value is -1.91. The minimum absolute atomic E-state index is 0.127. The number of carboxylic acid groups (broad SMARTS) is 1. The Balaban J connectivity index is 2.06. The van der Waals surface area contributed by atoms with Gasteiger partial charge in [0.2, 0.25) is 0 Å². The molecule has 2 atom stereocenters. The predicted octanol–water partition coefficient (Wildman–Crippen LogP) is 3.76. The van der Waals surface area contributed by atoms with Crippen molar-refractivity contribution in [3.05, 3.63) is 64.9 Å². The van der Waals surface area contributed by atoms with Crippen LogP contribution in [0.5, 0.6) is 0 Å². The fraction of sp³-hybridized carbons (Fsp3) is 0.333. The first kappa shape index (κ1) is 16.0. The molecule has 120 valence electrons. The van der Waals surface area contributed by atoms with Crippen LogP contribution < -0.4 is 0 Å². The van der Waals surface area contributed by atoms with E-state index in [-0.39, 0.29) is 6.04 Å². The zero-order chi connectivity index (χ0) is 16.2. The lowest BCUT2D eigenvalue weighted by Gasteiger charge is -2.39. The first-order valence-electron chi connectivity index (χ1n) is 7.81. The highest BCUT2D eigenvalue weighted by Crippen LogP contribution is 2.34. The van der Waals surface area contributed by atoms with Crippen LogP contribution in [0.15, 0.2) is 48.8 Å². The van der Waals surface area contributed by atoms with Crippen LogP contribution >= 0.6 is 11.6 Å². The van der Waals surface area contributed by atoms with Crippen molar-refractivity contribution in [2.75, 3.05) is 6.54 Å². The minimum atomic E-state index is -0.759. The summed E-state index contributed by atoms with van der Waals surface area (Å²) in [6, 6.07) is 11.0. The van der Waals surface area contributed by atoms with Gasteiger partial charge in [-0.15, -0.1) is 0 Å². The summed E-state index contributed by atoms with van der Waals surface area (Å²) in [6.45, 7) is 0.760. The van der Waals surface area contributed by atoms with Crippen molar-refractivity contribution in [2.45, 2.75) is 31.3 Å². The Morgan fingerprint density at radius 2 is 2.00 bits per heavy atom. The van der Waals surface area contributed by atoms with E-state index in [1.807, 2.05) is 36.4 Å². The van der Waals surface area contributed by atoms with Gasteiger partial charge in [0.15, 0.2) is 0 Å². The molecule has 23 heavy (non-hydrogen) atoms. The largest absolute Gasteiger partial charge is 0.480 e. The molecule has 0 spiro atoms. The topological polar surface area (TPSA) is 53.4 Å². The number of carboxylic acids is 1. The van der Waals surface area contributed by atoms with Gasteiger partial charge in [-0.05, 0) is 54.8 Å². The summed E-state index contributed by atoms with van der Waals surface area (Å²) in [4.78, 5) is 17.9. The van der Waals surface area contributed by atoms with Gasteiger partial charge in [-0.3, -0.25) is 14.7 Å². The van der Waals surface area contributed by atoms with Gasteiger partial charge in [0.25, 0.3) is 0 Å². The Morgan fingerprint density at radius 1 is 1.22 bits per heavy atom. The molecule has 0 amide bonds. The highest BCUT2D eigenvalue weighted by molar-refractivity contribution is 6.30. The predicted molar refractivity (Wildman–Crippen MR) is 89.5 cm³/mol. The maximum Gasteiger partial charge on any atom is 0.320 e. The first-order valence-corrected chi connectivity index (χ1v) is 8.18. The SMILES string of the molecule is O=C(O)C1CCCCN1C(c1ccncc1)c1cccc(Cl)c1. The van der Waals surface area contributed by atoms with Crippen molar-refractivity contribution in [3.63, 3.8) is 0 Å². The Morgan fingerprint density at radius 3 is 2.70 bits per heavy atom. The normalized spacial score (nSPS) is 20.1. The van der Waals surface area contributed by atoms with Crippen LogP contribution in [-0.2, 0) is 4.79 Å². The second kappa shape index (κ2) is 7.11. The van der Waals surface area contributed by atoms with E-state index >= 15 is 0 Å². The average Bonchev–Trinajstić information content (AvgIpc) is 2.56. The average molecular weight is 331 g/mol. The van der Waals surface area contributed by atoms with Gasteiger partial charge in [-0.2, -0.15) is 0 Å². The van der Waals surface area contributed by atoms with Crippen LogP contribution in [0, 0.1) is 0 Å². The molecule has 1 aromatic carbocycles. The number of piperidine rings is 1. The Kier molecular flexibility index (Phi) is 4.94. The molecule has 5 heteroatoms. The lowest BCUT2D eigenvalue weighted by atomic mass is 9.92. The molecule has 0 bridgehead atoms. The maximum absolute atomic E-state index is 11.7. The molecule has 2 unspecified atom stereocenters. The van der Waals surface area contributed by atoms with Crippen molar-refractivity contribution in [2.24, 2.45) is 0 Å². The molecule has 0 radical (unpaired) electrons. The summed E-state index contributed by atoms with van der Waals surface area (Å²) in [5.41, 5.74) is 2.05. The molecule has 0 saturated carbocycles. The van der Waals surface area contributed by atoms with Crippen LogP contribution in [0.3, 0.4) is 0 Å². The number of carbonyl (C=O) groups is 1. The summed E-state index contributed by atoms with van der Waals surface area (Å²) in [5.74, 6) is -0.759. The number of hydrogen-bond acceptors (Lipinski definition) is 3. The molecular weight excluding hydrogens is 312 g/mol. The van der Waals surface area contributed by atoms with E-state index < -0.39 is 12.0 Å². The quantitative estimate of drug-likeness (QED) is 0.927. The number of nitrogens with zero attached hydrogens (tertiary/aromatic N) is 2. The van der Waals surface area contributed by atoms with Crippen LogP contribution in [0.2, 0.25) is 5.02 Å². The van der Waals surface area contributed by atoms with E-state index in [1.54, 1.807) is 12.4 Å². The summed E-state index contributed by atoms with van der Waals surface area (Å²) in [7, 11) is 0. The number of halogens is 1. The van der Waals surface area contributed by atoms with Crippen molar-refractivity contribution in [1.82, 2.24) is 9.88 Å². The van der Waals surface area contributed by atoms with Gasteiger partial charge in [0.1, 0.15) is 6.04 Å². The third-order valence-electron chi connectivity index (χ3n) is 4.35. The van der Waals surface area contributed by atoms with E-state index in [1.165, 1.54) is 0 Å². The second-order valence-corrected chi connectivity index (χ2v) is 6.26. The standard InChI is InChI=1S/C18H19ClN2O2/c19-15-5-3-4-14(12-15)17(13-7-9-20-10-8-13)21-11-2-1-6-16(21)18(22)23/h3-5,7-10,12,16-17H,1-2,6,11H2,(H,22,23). The van der Waals surface area contributed by atoms with Crippen LogP contribution in [0.4, 0.5) is 0 Å². The monoisotopic (exact) mass is 330 g/mol. The maximum atomic E-state index is 11.7. The molecule has 2 heterocycles. The van der Waals surface area contributed by atoms with Gasteiger partial charge in [-0.25, -0.2) is 0 Å². The minimum Gasteiger partial charge on any atom is -0.480 e. The van der Waals surface area contributed by atoms with Crippen LogP contribution in [0.25, 0.3) is 0 Å². The van der Waals surface area contributed by atoms with E-state index in [0.29, 0.717) is 11.4 Å². The lowest BCUT2D eigenvalue weighted by molar-refractivity contribution is -0.145. The zero-order valence-corrected chi connectivity index (χ0v) is 13.5. The van der Waals surface area contributed by atoms with Crippen molar-refractivity contribution < 1.29 is 9.90 Å². The fourth-order valence-corrected chi connectivity index (χ4v) is 3.52. The number of hydrogen-bond donors (Lipinski definition) is 1. The van der Waals surface area contributed by atoms with E-state index in [2.05, 4.69) is 9.88 Å². The number of benzene rings is 1. The summed E-state index contributed by atoms with van der Waals surface area (Å²) in [6.07, 6.45) is 6.12. The van der Waals surface area contributed by atoms with Crippen molar-refractivity contribution in [3.8, 4) is 0 Å². The van der Waals surface area contributed by atoms with E-state index in [0.717, 1.165) is 30.5 Å². The number of likely N-dealkylation sites (tertiary alicyclic amines) is 1. The molecule has 0 aliphatic carbocycles. The van der Waals surface area contributed by atoms with Gasteiger partial charge >= 0.3 is 5.97 Å². The molecule has 1 fully saturated rings. The van der Waals surface area contributed by atoms with Gasteiger partial charge in [-0.1, -0.05) is 30.2 Å². The fourth-order valence-electron chi connectivity index (χ4n) is 3.33. The number of pyridine rings is 1.